The minimum absolute atomic E-state index is 0.112. The molecule has 1 aliphatic rings. The molecule has 162 valence electrons. The number of piperazine rings is 1. The number of aryl methyl sites for hydroxylation is 1. The Hall–Kier alpha value is -2.65. The van der Waals surface area contributed by atoms with E-state index in [4.69, 9.17) is 4.74 Å². The lowest BCUT2D eigenvalue weighted by Gasteiger charge is -2.36. The Kier molecular flexibility index (Phi) is 6.62. The fraction of sp³-hybridized carbons (Fsp3) is 0.381. The van der Waals surface area contributed by atoms with Crippen LogP contribution in [0, 0.1) is 12.7 Å². The van der Waals surface area contributed by atoms with E-state index >= 15 is 0 Å². The minimum Gasteiger partial charge on any atom is -0.496 e. The normalized spacial score (nSPS) is 14.8. The number of ether oxygens (including phenoxy) is 1. The van der Waals surface area contributed by atoms with E-state index in [2.05, 4.69) is 0 Å². The van der Waals surface area contributed by atoms with Gasteiger partial charge in [-0.25, -0.2) is 12.8 Å². The first-order valence-corrected chi connectivity index (χ1v) is 11.1. The fourth-order valence-electron chi connectivity index (χ4n) is 3.47. The number of hydrogen-bond acceptors (Lipinski definition) is 5. The molecule has 9 heteroatoms. The Morgan fingerprint density at radius 1 is 1.13 bits per heavy atom. The van der Waals surface area contributed by atoms with E-state index in [1.165, 1.54) is 32.4 Å². The van der Waals surface area contributed by atoms with E-state index in [9.17, 15) is 17.6 Å². The topological polar surface area (TPSA) is 70.2 Å². The number of halogens is 1. The number of amides is 1. The standard InChI is InChI=1S/C21H26FN3O4S/c1-16-14-17(8-9-20(16)29-3)30(27,28)23(2)15-21(26)25-12-10-24(11-13-25)19-7-5-4-6-18(19)22/h4-9,14H,10-13,15H2,1-3H3. The van der Waals surface area contributed by atoms with Crippen molar-refractivity contribution in [3.8, 4) is 5.75 Å². The molecule has 7 nitrogen and oxygen atoms in total. The lowest BCUT2D eigenvalue weighted by Crippen LogP contribution is -2.51. The molecule has 1 fully saturated rings. The molecule has 0 atom stereocenters. The van der Waals surface area contributed by atoms with Gasteiger partial charge in [-0.15, -0.1) is 0 Å². The quantitative estimate of drug-likeness (QED) is 0.695. The number of benzene rings is 2. The number of carbonyl (C=O) groups excluding carboxylic acids is 1. The molecule has 0 N–H and O–H groups in total. The van der Waals surface area contributed by atoms with E-state index in [0.29, 0.717) is 43.2 Å². The van der Waals surface area contributed by atoms with Crippen molar-refractivity contribution in [2.75, 3.05) is 51.8 Å². The van der Waals surface area contributed by atoms with Crippen LogP contribution < -0.4 is 9.64 Å². The molecular formula is C21H26FN3O4S. The summed E-state index contributed by atoms with van der Waals surface area (Å²) in [4.78, 5) is 16.3. The summed E-state index contributed by atoms with van der Waals surface area (Å²) >= 11 is 0. The summed E-state index contributed by atoms with van der Waals surface area (Å²) in [5.74, 6) is 0.0257. The second-order valence-electron chi connectivity index (χ2n) is 7.21. The first kappa shape index (κ1) is 22.0. The maximum Gasteiger partial charge on any atom is 0.243 e. The van der Waals surface area contributed by atoms with Gasteiger partial charge in [0.2, 0.25) is 15.9 Å². The number of sulfonamides is 1. The first-order chi connectivity index (χ1) is 14.2. The second-order valence-corrected chi connectivity index (χ2v) is 9.26. The number of hydrogen-bond donors (Lipinski definition) is 0. The third-order valence-electron chi connectivity index (χ3n) is 5.26. The molecule has 30 heavy (non-hydrogen) atoms. The van der Waals surface area contributed by atoms with Crippen molar-refractivity contribution >= 4 is 21.6 Å². The summed E-state index contributed by atoms with van der Waals surface area (Å²) < 4.78 is 45.9. The molecule has 1 heterocycles. The molecule has 0 aliphatic carbocycles. The number of methoxy groups -OCH3 is 1. The maximum atomic E-state index is 14.0. The lowest BCUT2D eigenvalue weighted by atomic mass is 10.2. The summed E-state index contributed by atoms with van der Waals surface area (Å²) in [5.41, 5.74) is 1.21. The van der Waals surface area contributed by atoms with Gasteiger partial charge in [-0.05, 0) is 42.8 Å². The zero-order valence-electron chi connectivity index (χ0n) is 17.3. The van der Waals surface area contributed by atoms with E-state index in [0.717, 1.165) is 4.31 Å². The van der Waals surface area contributed by atoms with Gasteiger partial charge in [-0.1, -0.05) is 12.1 Å². The van der Waals surface area contributed by atoms with Crippen molar-refractivity contribution in [3.63, 3.8) is 0 Å². The second kappa shape index (κ2) is 9.01. The van der Waals surface area contributed by atoms with Gasteiger partial charge in [-0.2, -0.15) is 4.31 Å². The van der Waals surface area contributed by atoms with Gasteiger partial charge in [-0.3, -0.25) is 4.79 Å². The minimum atomic E-state index is -3.81. The van der Waals surface area contributed by atoms with Crippen LogP contribution in [-0.2, 0) is 14.8 Å². The Bertz CT molecular complexity index is 1020. The average Bonchev–Trinajstić information content (AvgIpc) is 2.74. The van der Waals surface area contributed by atoms with Gasteiger partial charge >= 0.3 is 0 Å². The van der Waals surface area contributed by atoms with Gasteiger partial charge in [0, 0.05) is 33.2 Å². The van der Waals surface area contributed by atoms with Gasteiger partial charge in [0.1, 0.15) is 11.6 Å². The van der Waals surface area contributed by atoms with Crippen molar-refractivity contribution in [2.24, 2.45) is 0 Å². The molecule has 1 aliphatic heterocycles. The van der Waals surface area contributed by atoms with Gasteiger partial charge in [0.15, 0.2) is 0 Å². The number of rotatable bonds is 6. The zero-order valence-corrected chi connectivity index (χ0v) is 18.2. The number of carbonyl (C=O) groups is 1. The summed E-state index contributed by atoms with van der Waals surface area (Å²) in [6.45, 7) is 3.29. The third kappa shape index (κ3) is 4.57. The van der Waals surface area contributed by atoms with Gasteiger partial charge < -0.3 is 14.5 Å². The lowest BCUT2D eigenvalue weighted by molar-refractivity contribution is -0.131. The van der Waals surface area contributed by atoms with Crippen LogP contribution in [0.4, 0.5) is 10.1 Å². The highest BCUT2D eigenvalue weighted by molar-refractivity contribution is 7.89. The third-order valence-corrected chi connectivity index (χ3v) is 7.06. The molecule has 0 unspecified atom stereocenters. The Labute approximate surface area is 176 Å². The highest BCUT2D eigenvalue weighted by Crippen LogP contribution is 2.24. The molecule has 0 aromatic heterocycles. The zero-order chi connectivity index (χ0) is 21.9. The summed E-state index contributed by atoms with van der Waals surface area (Å²) in [5, 5.41) is 0. The molecule has 0 saturated carbocycles. The Morgan fingerprint density at radius 3 is 2.40 bits per heavy atom. The number of nitrogens with zero attached hydrogens (tertiary/aromatic N) is 3. The van der Waals surface area contributed by atoms with E-state index in [-0.39, 0.29) is 23.2 Å². The SMILES string of the molecule is COc1ccc(S(=O)(=O)N(C)CC(=O)N2CCN(c3ccccc3F)CC2)cc1C. The van der Waals surface area contributed by atoms with E-state index < -0.39 is 10.0 Å². The predicted octanol–water partition coefficient (Wildman–Crippen LogP) is 2.11. The van der Waals surface area contributed by atoms with Crippen LogP contribution in [0.25, 0.3) is 0 Å². The molecule has 2 aromatic rings. The van der Waals surface area contributed by atoms with Gasteiger partial charge in [0.25, 0.3) is 0 Å². The Morgan fingerprint density at radius 2 is 1.80 bits per heavy atom. The number of para-hydroxylation sites is 1. The van der Waals surface area contributed by atoms with Crippen LogP contribution in [0.2, 0.25) is 0 Å². The highest BCUT2D eigenvalue weighted by Gasteiger charge is 2.28. The fourth-order valence-corrected chi connectivity index (χ4v) is 4.68. The van der Waals surface area contributed by atoms with Crippen molar-refractivity contribution in [3.05, 3.63) is 53.8 Å². The molecule has 0 spiro atoms. The highest BCUT2D eigenvalue weighted by atomic mass is 32.2. The van der Waals surface area contributed by atoms with Crippen molar-refractivity contribution in [1.82, 2.24) is 9.21 Å². The first-order valence-electron chi connectivity index (χ1n) is 9.62. The predicted molar refractivity (Wildman–Crippen MR) is 113 cm³/mol. The molecule has 0 radical (unpaired) electrons. The Balaban J connectivity index is 1.62. The molecular weight excluding hydrogens is 409 g/mol. The molecule has 2 aromatic carbocycles. The van der Waals surface area contributed by atoms with Crippen molar-refractivity contribution in [2.45, 2.75) is 11.8 Å². The van der Waals surface area contributed by atoms with Crippen molar-refractivity contribution < 1.29 is 22.3 Å². The molecule has 1 saturated heterocycles. The smallest absolute Gasteiger partial charge is 0.243 e. The number of anilines is 1. The maximum absolute atomic E-state index is 14.0. The van der Waals surface area contributed by atoms with E-state index in [1.807, 2.05) is 4.90 Å². The van der Waals surface area contributed by atoms with E-state index in [1.54, 1.807) is 36.1 Å². The van der Waals surface area contributed by atoms with Crippen LogP contribution in [0.1, 0.15) is 5.56 Å². The summed E-state index contributed by atoms with van der Waals surface area (Å²) in [6.07, 6.45) is 0. The van der Waals surface area contributed by atoms with Crippen LogP contribution in [0.15, 0.2) is 47.4 Å². The van der Waals surface area contributed by atoms with Crippen LogP contribution in [-0.4, -0.2) is 70.4 Å². The monoisotopic (exact) mass is 435 g/mol. The largest absolute Gasteiger partial charge is 0.496 e. The molecule has 0 bridgehead atoms. The number of likely N-dealkylation sites (N-methyl/N-ethyl adjacent to an activating group) is 1. The van der Waals surface area contributed by atoms with Gasteiger partial charge in [0.05, 0.1) is 24.2 Å². The summed E-state index contributed by atoms with van der Waals surface area (Å²) in [6, 6.07) is 11.1. The average molecular weight is 436 g/mol. The molecule has 3 rings (SSSR count). The summed E-state index contributed by atoms with van der Waals surface area (Å²) in [7, 11) is -0.897. The molecule has 1 amide bonds. The van der Waals surface area contributed by atoms with Crippen LogP contribution >= 0.6 is 0 Å². The van der Waals surface area contributed by atoms with Crippen molar-refractivity contribution in [1.29, 1.82) is 0 Å². The van der Waals surface area contributed by atoms with Crippen LogP contribution in [0.5, 0.6) is 5.75 Å². The van der Waals surface area contributed by atoms with Crippen LogP contribution in [0.3, 0.4) is 0 Å².